The third-order valence-corrected chi connectivity index (χ3v) is 9.87. The number of nitrogen functional groups attached to an aromatic ring is 2. The van der Waals surface area contributed by atoms with Crippen LogP contribution in [-0.4, -0.2) is 34.7 Å². The summed E-state index contributed by atoms with van der Waals surface area (Å²) < 4.78 is 51.2. The molecule has 0 unspecified atom stereocenters. The molecule has 0 aliphatic rings. The molecular weight excluding hydrogens is 762 g/mol. The minimum atomic E-state index is -3.94. The largest absolute Gasteiger partial charge is 0.383 e. The van der Waals surface area contributed by atoms with Crippen LogP contribution in [0.25, 0.3) is 0 Å². The van der Waals surface area contributed by atoms with Gasteiger partial charge in [-0.2, -0.15) is 17.9 Å². The Kier molecular flexibility index (Phi) is 8.99. The smallest absolute Gasteiger partial charge is 0.363 e. The van der Waals surface area contributed by atoms with Crippen molar-refractivity contribution in [1.82, 2.24) is 17.9 Å². The van der Waals surface area contributed by atoms with Gasteiger partial charge in [-0.05, 0) is 83.3 Å². The number of aromatic nitrogens is 4. The summed E-state index contributed by atoms with van der Waals surface area (Å²) in [6.45, 7) is 3.69. The molecular formula is C22H20I2N6O6S2. The van der Waals surface area contributed by atoms with Crippen LogP contribution in [0.2, 0.25) is 0 Å². The number of aryl methyl sites for hydroxylation is 2. The first-order valence-electron chi connectivity index (χ1n) is 10.4. The molecule has 38 heavy (non-hydrogen) atoms. The molecule has 12 nitrogen and oxygen atoms in total. The molecule has 2 heterocycles. The van der Waals surface area contributed by atoms with E-state index < -0.39 is 31.4 Å². The molecule has 4 N–H and O–H groups in total. The number of rotatable bonds is 4. The lowest BCUT2D eigenvalue weighted by molar-refractivity contribution is 0.582. The fraction of sp³-hybridized carbons (Fsp3) is 0.0909. The molecule has 0 atom stereocenters. The third kappa shape index (κ3) is 6.41. The van der Waals surface area contributed by atoms with Crippen molar-refractivity contribution in [2.24, 2.45) is 0 Å². The van der Waals surface area contributed by atoms with Gasteiger partial charge >= 0.3 is 11.4 Å². The fourth-order valence-electron chi connectivity index (χ4n) is 2.85. The monoisotopic (exact) mass is 782 g/mol. The number of benzene rings is 2. The first kappa shape index (κ1) is 29.7. The summed E-state index contributed by atoms with van der Waals surface area (Å²) in [5, 5.41) is 0. The van der Waals surface area contributed by atoms with Crippen LogP contribution in [0.1, 0.15) is 11.1 Å². The summed E-state index contributed by atoms with van der Waals surface area (Å²) in [5.74, 6) is 0.0295. The second-order valence-electron chi connectivity index (χ2n) is 7.74. The van der Waals surface area contributed by atoms with Gasteiger partial charge in [-0.15, -0.1) is 0 Å². The van der Waals surface area contributed by atoms with Gasteiger partial charge in [0, 0.05) is 12.4 Å². The molecule has 0 amide bonds. The molecule has 0 fully saturated rings. The zero-order valence-corrected chi connectivity index (χ0v) is 25.7. The summed E-state index contributed by atoms with van der Waals surface area (Å²) >= 11 is 3.64. The van der Waals surface area contributed by atoms with Crippen molar-refractivity contribution >= 4 is 76.9 Å². The van der Waals surface area contributed by atoms with Crippen LogP contribution >= 0.6 is 45.2 Å². The quantitative estimate of drug-likeness (QED) is 0.290. The second kappa shape index (κ2) is 11.5. The van der Waals surface area contributed by atoms with Crippen molar-refractivity contribution in [2.75, 3.05) is 11.5 Å². The van der Waals surface area contributed by atoms with E-state index in [2.05, 4.69) is 9.97 Å². The zero-order valence-electron chi connectivity index (χ0n) is 19.7. The first-order valence-corrected chi connectivity index (χ1v) is 15.4. The molecule has 4 aromatic rings. The molecule has 200 valence electrons. The van der Waals surface area contributed by atoms with Crippen molar-refractivity contribution in [3.63, 3.8) is 0 Å². The predicted octanol–water partition coefficient (Wildman–Crippen LogP) is 1.95. The maximum Gasteiger partial charge on any atom is 0.363 e. The van der Waals surface area contributed by atoms with Crippen LogP contribution in [0.3, 0.4) is 0 Å². The van der Waals surface area contributed by atoms with Gasteiger partial charge in [0.1, 0.15) is 11.6 Å². The molecule has 0 saturated carbocycles. The van der Waals surface area contributed by atoms with E-state index in [1.54, 1.807) is 24.3 Å². The lowest BCUT2D eigenvalue weighted by Crippen LogP contribution is -2.30. The Balaban J connectivity index is 0.000000211. The van der Waals surface area contributed by atoms with Crippen molar-refractivity contribution in [2.45, 2.75) is 23.6 Å². The Hall–Kier alpha value is -2.84. The van der Waals surface area contributed by atoms with Crippen LogP contribution in [0.4, 0.5) is 11.6 Å². The fourth-order valence-corrected chi connectivity index (χ4v) is 6.42. The summed E-state index contributed by atoms with van der Waals surface area (Å²) in [7, 11) is -7.89. The third-order valence-electron chi connectivity index (χ3n) is 4.92. The SMILES string of the molecule is Cc1ccc(S(=O)(=O)n2cc(I)c(N)nc2=O)cc1.Cc1ccc(S(=O)(=O)n2cc(I)c(N)nc2=O)cc1. The highest BCUT2D eigenvalue weighted by atomic mass is 127. The van der Waals surface area contributed by atoms with Crippen molar-refractivity contribution in [3.05, 3.63) is 100 Å². The highest BCUT2D eigenvalue weighted by Gasteiger charge is 2.21. The molecule has 0 aliphatic carbocycles. The van der Waals surface area contributed by atoms with Crippen LogP contribution < -0.4 is 22.8 Å². The lowest BCUT2D eigenvalue weighted by atomic mass is 10.2. The molecule has 0 bridgehead atoms. The molecule has 2 aromatic heterocycles. The molecule has 0 saturated heterocycles. The molecule has 0 aliphatic heterocycles. The van der Waals surface area contributed by atoms with Crippen molar-refractivity contribution in [3.8, 4) is 0 Å². The number of nitrogens with two attached hydrogens (primary N) is 2. The van der Waals surface area contributed by atoms with Gasteiger partial charge in [-0.3, -0.25) is 0 Å². The number of nitrogens with zero attached hydrogens (tertiary/aromatic N) is 4. The molecule has 4 rings (SSSR count). The Morgan fingerprint density at radius 1 is 0.632 bits per heavy atom. The molecule has 2 aromatic carbocycles. The second-order valence-corrected chi connectivity index (χ2v) is 13.7. The van der Waals surface area contributed by atoms with E-state index in [4.69, 9.17) is 11.5 Å². The normalized spacial score (nSPS) is 11.5. The molecule has 0 spiro atoms. The summed E-state index contributed by atoms with van der Waals surface area (Å²) in [5.41, 5.74) is 10.9. The van der Waals surface area contributed by atoms with Gasteiger partial charge in [0.2, 0.25) is 0 Å². The Morgan fingerprint density at radius 2 is 0.921 bits per heavy atom. The topological polar surface area (TPSA) is 190 Å². The van der Waals surface area contributed by atoms with E-state index in [0.717, 1.165) is 11.1 Å². The average Bonchev–Trinajstić information content (AvgIpc) is 2.84. The van der Waals surface area contributed by atoms with Gasteiger partial charge < -0.3 is 11.5 Å². The van der Waals surface area contributed by atoms with Gasteiger partial charge in [-0.1, -0.05) is 35.4 Å². The van der Waals surface area contributed by atoms with Crippen LogP contribution in [-0.2, 0) is 20.0 Å². The Morgan fingerprint density at radius 3 is 1.21 bits per heavy atom. The first-order chi connectivity index (χ1) is 17.6. The highest BCUT2D eigenvalue weighted by Crippen LogP contribution is 2.17. The summed E-state index contributed by atoms with van der Waals surface area (Å²) in [4.78, 5) is 30.4. The van der Waals surface area contributed by atoms with E-state index in [0.29, 0.717) is 15.1 Å². The van der Waals surface area contributed by atoms with E-state index in [1.165, 1.54) is 36.7 Å². The van der Waals surface area contributed by atoms with Crippen LogP contribution in [0.5, 0.6) is 0 Å². The molecule has 0 radical (unpaired) electrons. The zero-order chi connectivity index (χ0) is 28.4. The minimum absolute atomic E-state index is 0.0148. The van der Waals surface area contributed by atoms with Gasteiger partial charge in [0.15, 0.2) is 0 Å². The van der Waals surface area contributed by atoms with Gasteiger partial charge in [-0.25, -0.2) is 26.4 Å². The van der Waals surface area contributed by atoms with E-state index in [9.17, 15) is 26.4 Å². The maximum absolute atomic E-state index is 12.3. The van der Waals surface area contributed by atoms with Crippen molar-refractivity contribution in [1.29, 1.82) is 0 Å². The van der Waals surface area contributed by atoms with E-state index in [-0.39, 0.29) is 21.4 Å². The standard InChI is InChI=1S/2C11H10IN3O3S/c2*1-7-2-4-8(5-3-7)19(17,18)15-6-9(12)10(13)14-11(15)16/h2*2-6H,1H3,(H2,13,14,16). The average molecular weight is 782 g/mol. The Labute approximate surface area is 245 Å². The Bertz CT molecular complexity index is 1700. The number of hydrogen-bond acceptors (Lipinski definition) is 10. The number of halogens is 2. The maximum atomic E-state index is 12.3. The highest BCUT2D eigenvalue weighted by molar-refractivity contribution is 14.1. The number of anilines is 2. The lowest BCUT2D eigenvalue weighted by Gasteiger charge is -2.08. The van der Waals surface area contributed by atoms with Crippen LogP contribution in [0.15, 0.2) is 80.3 Å². The van der Waals surface area contributed by atoms with Crippen molar-refractivity contribution < 1.29 is 16.8 Å². The van der Waals surface area contributed by atoms with Gasteiger partial charge in [0.05, 0.1) is 16.9 Å². The van der Waals surface area contributed by atoms with E-state index in [1.807, 2.05) is 59.0 Å². The molecule has 16 heteroatoms. The summed E-state index contributed by atoms with van der Waals surface area (Å²) in [6.07, 6.45) is 2.33. The predicted molar refractivity (Wildman–Crippen MR) is 159 cm³/mol. The summed E-state index contributed by atoms with van der Waals surface area (Å²) in [6, 6.07) is 12.4. The van der Waals surface area contributed by atoms with E-state index >= 15 is 0 Å². The minimum Gasteiger partial charge on any atom is -0.383 e. The number of hydrogen-bond donors (Lipinski definition) is 2. The van der Waals surface area contributed by atoms with Gasteiger partial charge in [0.25, 0.3) is 20.0 Å². The van der Waals surface area contributed by atoms with Crippen LogP contribution in [0, 0.1) is 21.0 Å².